The molecule has 0 aromatic heterocycles. The van der Waals surface area contributed by atoms with Gasteiger partial charge in [-0.05, 0) is 59.0 Å². The van der Waals surface area contributed by atoms with E-state index in [1.54, 1.807) is 7.11 Å². The van der Waals surface area contributed by atoms with Crippen LogP contribution in [0.15, 0.2) is 0 Å². The number of amides is 2. The van der Waals surface area contributed by atoms with Gasteiger partial charge in [-0.15, -0.1) is 0 Å². The Morgan fingerprint density at radius 1 is 1.53 bits per heavy atom. The number of rotatable bonds is 6. The Balaban J connectivity index is 2.80. The minimum absolute atomic E-state index is 0.178. The number of nitrogens with two attached hydrogens (primary N) is 1. The number of nitrogens with one attached hydrogen (secondary N) is 1. The molecule has 1 aliphatic rings. The Kier molecular flexibility index (Phi) is 6.07. The van der Waals surface area contributed by atoms with Gasteiger partial charge in [-0.3, -0.25) is 0 Å². The molecule has 1 heterocycles. The van der Waals surface area contributed by atoms with Gasteiger partial charge in [0.25, 0.3) is 0 Å². The van der Waals surface area contributed by atoms with Crippen molar-refractivity contribution in [2.45, 2.75) is 51.2 Å². The molecule has 1 fully saturated rings. The minimum Gasteiger partial charge on any atom is -0.379 e. The molecular weight excluding hydrogens is 242 g/mol. The number of hydrogen-bond acceptors (Lipinski definition) is 3. The van der Waals surface area contributed by atoms with Gasteiger partial charge in [-0.25, -0.2) is 4.79 Å². The van der Waals surface area contributed by atoms with E-state index >= 15 is 0 Å². The molecule has 0 saturated carbocycles. The lowest BCUT2D eigenvalue weighted by Gasteiger charge is -2.41. The summed E-state index contributed by atoms with van der Waals surface area (Å²) in [5, 5.41) is 3.24. The maximum absolute atomic E-state index is 11.6. The zero-order valence-electron chi connectivity index (χ0n) is 12.7. The Labute approximate surface area is 116 Å². The summed E-state index contributed by atoms with van der Waals surface area (Å²) in [6.45, 7) is 5.84. The van der Waals surface area contributed by atoms with Crippen LogP contribution in [0.2, 0.25) is 0 Å². The molecule has 0 aromatic rings. The third-order valence-electron chi connectivity index (χ3n) is 4.15. The van der Waals surface area contributed by atoms with Crippen LogP contribution in [-0.4, -0.2) is 49.8 Å². The number of methoxy groups -OCH3 is 1. The number of piperidine rings is 1. The molecule has 2 atom stereocenters. The van der Waals surface area contributed by atoms with Crippen LogP contribution in [0.3, 0.4) is 0 Å². The first kappa shape index (κ1) is 16.2. The molecule has 3 N–H and O–H groups in total. The highest BCUT2D eigenvalue weighted by Gasteiger charge is 2.34. The molecule has 5 heteroatoms. The van der Waals surface area contributed by atoms with E-state index in [1.807, 2.05) is 11.9 Å². The third-order valence-corrected chi connectivity index (χ3v) is 4.15. The van der Waals surface area contributed by atoms with Gasteiger partial charge in [0.15, 0.2) is 0 Å². The van der Waals surface area contributed by atoms with Gasteiger partial charge in [-0.1, -0.05) is 0 Å². The zero-order chi connectivity index (χ0) is 14.5. The minimum atomic E-state index is -0.291. The second-order valence-corrected chi connectivity index (χ2v) is 6.08. The van der Waals surface area contributed by atoms with Crippen molar-refractivity contribution in [2.75, 3.05) is 27.2 Å². The summed E-state index contributed by atoms with van der Waals surface area (Å²) in [6, 6.07) is -0.0610. The normalized spacial score (nSPS) is 22.3. The number of likely N-dealkylation sites (tertiary alicyclic amines) is 1. The summed E-state index contributed by atoms with van der Waals surface area (Å²) in [4.78, 5) is 13.4. The Hall–Kier alpha value is -0.810. The lowest BCUT2D eigenvalue weighted by atomic mass is 9.83. The summed E-state index contributed by atoms with van der Waals surface area (Å²) < 4.78 is 5.54. The summed E-state index contributed by atoms with van der Waals surface area (Å²) in [6.07, 6.45) is 4.18. The van der Waals surface area contributed by atoms with Crippen molar-refractivity contribution in [2.24, 2.45) is 11.7 Å². The lowest BCUT2D eigenvalue weighted by molar-refractivity contribution is -0.0119. The standard InChI is InChI=1S/C14H29N3O2/c1-14(2,19-4)9-11(10-16-3)12-7-5-6-8-17(12)13(15)18/h11-12,16H,5-10H2,1-4H3,(H2,15,18). The highest BCUT2D eigenvalue weighted by atomic mass is 16.5. The number of carbonyl (C=O) groups is 1. The predicted octanol–water partition coefficient (Wildman–Crippen LogP) is 1.57. The Bertz CT molecular complexity index is 294. The van der Waals surface area contributed by atoms with Crippen molar-refractivity contribution in [1.82, 2.24) is 10.2 Å². The molecule has 2 amide bonds. The quantitative estimate of drug-likeness (QED) is 0.770. The fourth-order valence-corrected chi connectivity index (χ4v) is 3.04. The molecule has 5 nitrogen and oxygen atoms in total. The number of carbonyl (C=O) groups excluding carboxylic acids is 1. The van der Waals surface area contributed by atoms with Gasteiger partial charge in [0, 0.05) is 19.7 Å². The van der Waals surface area contributed by atoms with Crippen molar-refractivity contribution in [3.8, 4) is 0 Å². The van der Waals surface area contributed by atoms with Crippen LogP contribution in [0.5, 0.6) is 0 Å². The fourth-order valence-electron chi connectivity index (χ4n) is 3.04. The molecule has 0 spiro atoms. The molecule has 0 radical (unpaired) electrons. The van der Waals surface area contributed by atoms with Crippen molar-refractivity contribution < 1.29 is 9.53 Å². The average Bonchev–Trinajstić information content (AvgIpc) is 2.38. The third kappa shape index (κ3) is 4.66. The second-order valence-electron chi connectivity index (χ2n) is 6.08. The Morgan fingerprint density at radius 3 is 2.74 bits per heavy atom. The Morgan fingerprint density at radius 2 is 2.21 bits per heavy atom. The van der Waals surface area contributed by atoms with E-state index in [-0.39, 0.29) is 17.7 Å². The van der Waals surface area contributed by atoms with Crippen molar-refractivity contribution in [3.05, 3.63) is 0 Å². The summed E-state index contributed by atoms with van der Waals surface area (Å²) in [5.41, 5.74) is 5.34. The monoisotopic (exact) mass is 271 g/mol. The van der Waals surface area contributed by atoms with Crippen LogP contribution in [0, 0.1) is 5.92 Å². The van der Waals surface area contributed by atoms with Crippen molar-refractivity contribution >= 4 is 6.03 Å². The molecule has 1 rings (SSSR count). The van der Waals surface area contributed by atoms with Gasteiger partial charge in [0.1, 0.15) is 0 Å². The SMILES string of the molecule is CNCC(CC(C)(C)OC)C1CCCCN1C(N)=O. The topological polar surface area (TPSA) is 67.6 Å². The van der Waals surface area contributed by atoms with E-state index in [0.29, 0.717) is 5.92 Å². The van der Waals surface area contributed by atoms with Crippen LogP contribution in [-0.2, 0) is 4.74 Å². The molecule has 19 heavy (non-hydrogen) atoms. The number of ether oxygens (including phenoxy) is 1. The summed E-state index contributed by atoms with van der Waals surface area (Å²) in [7, 11) is 3.69. The first-order valence-electron chi connectivity index (χ1n) is 7.17. The van der Waals surface area contributed by atoms with E-state index in [9.17, 15) is 4.79 Å². The summed E-state index contributed by atoms with van der Waals surface area (Å²) in [5.74, 6) is 0.368. The van der Waals surface area contributed by atoms with Gasteiger partial charge in [0.05, 0.1) is 5.60 Å². The predicted molar refractivity (Wildman–Crippen MR) is 77.1 cm³/mol. The number of nitrogens with zero attached hydrogens (tertiary/aromatic N) is 1. The molecule has 0 aliphatic carbocycles. The van der Waals surface area contributed by atoms with Crippen molar-refractivity contribution in [3.63, 3.8) is 0 Å². The first-order chi connectivity index (χ1) is 8.91. The van der Waals surface area contributed by atoms with E-state index in [1.165, 1.54) is 6.42 Å². The number of primary amides is 1. The van der Waals surface area contributed by atoms with Crippen LogP contribution in [0.4, 0.5) is 4.79 Å². The van der Waals surface area contributed by atoms with E-state index in [0.717, 1.165) is 32.4 Å². The van der Waals surface area contributed by atoms with Crippen LogP contribution in [0.1, 0.15) is 39.5 Å². The highest BCUT2D eigenvalue weighted by molar-refractivity contribution is 5.72. The molecule has 112 valence electrons. The van der Waals surface area contributed by atoms with Crippen molar-refractivity contribution in [1.29, 1.82) is 0 Å². The van der Waals surface area contributed by atoms with Gasteiger partial charge in [-0.2, -0.15) is 0 Å². The van der Waals surface area contributed by atoms with E-state index in [4.69, 9.17) is 10.5 Å². The summed E-state index contributed by atoms with van der Waals surface area (Å²) >= 11 is 0. The maximum Gasteiger partial charge on any atom is 0.315 e. The zero-order valence-corrected chi connectivity index (χ0v) is 12.7. The fraction of sp³-hybridized carbons (Fsp3) is 0.929. The molecule has 0 bridgehead atoms. The van der Waals surface area contributed by atoms with E-state index < -0.39 is 0 Å². The van der Waals surface area contributed by atoms with Crippen LogP contribution in [0.25, 0.3) is 0 Å². The molecule has 1 aliphatic heterocycles. The van der Waals surface area contributed by atoms with Gasteiger partial charge < -0.3 is 20.7 Å². The first-order valence-corrected chi connectivity index (χ1v) is 7.17. The largest absolute Gasteiger partial charge is 0.379 e. The average molecular weight is 271 g/mol. The second kappa shape index (κ2) is 7.10. The molecule has 2 unspecified atom stereocenters. The van der Waals surface area contributed by atoms with Gasteiger partial charge >= 0.3 is 6.03 Å². The molecular formula is C14H29N3O2. The maximum atomic E-state index is 11.6. The number of hydrogen-bond donors (Lipinski definition) is 2. The molecule has 1 saturated heterocycles. The lowest BCUT2D eigenvalue weighted by Crippen LogP contribution is -2.52. The number of urea groups is 1. The smallest absolute Gasteiger partial charge is 0.315 e. The van der Waals surface area contributed by atoms with E-state index in [2.05, 4.69) is 19.2 Å². The molecule has 0 aromatic carbocycles. The van der Waals surface area contributed by atoms with Crippen LogP contribution >= 0.6 is 0 Å². The highest BCUT2D eigenvalue weighted by Crippen LogP contribution is 2.29. The van der Waals surface area contributed by atoms with Crippen LogP contribution < -0.4 is 11.1 Å². The van der Waals surface area contributed by atoms with Gasteiger partial charge in [0.2, 0.25) is 0 Å².